The van der Waals surface area contributed by atoms with Crippen LogP contribution < -0.4 is 10.1 Å². The Labute approximate surface area is 122 Å². The van der Waals surface area contributed by atoms with Gasteiger partial charge in [0.15, 0.2) is 0 Å². The predicted octanol–water partition coefficient (Wildman–Crippen LogP) is 2.02. The van der Waals surface area contributed by atoms with Gasteiger partial charge in [0.05, 0.1) is 7.11 Å². The highest BCUT2D eigenvalue weighted by atomic mass is 32.2. The molecule has 0 bridgehead atoms. The van der Waals surface area contributed by atoms with E-state index < -0.39 is 17.9 Å². The summed E-state index contributed by atoms with van der Waals surface area (Å²) in [6, 6.07) is 5.75. The molecule has 0 fully saturated rings. The summed E-state index contributed by atoms with van der Waals surface area (Å²) in [7, 11) is 1.51. The lowest BCUT2D eigenvalue weighted by atomic mass is 10.1. The largest absolute Gasteiger partial charge is 0.497 e. The fourth-order valence-electron chi connectivity index (χ4n) is 1.61. The molecule has 1 aromatic rings. The third kappa shape index (κ3) is 5.13. The van der Waals surface area contributed by atoms with Crippen molar-refractivity contribution in [3.8, 4) is 5.75 Å². The monoisotopic (exact) mass is 297 g/mol. The maximum atomic E-state index is 12.0. The van der Waals surface area contributed by atoms with Crippen LogP contribution >= 0.6 is 11.8 Å². The molecule has 2 N–H and O–H groups in total. The van der Waals surface area contributed by atoms with Gasteiger partial charge < -0.3 is 15.2 Å². The number of amides is 1. The minimum absolute atomic E-state index is 0.388. The Balaban J connectivity index is 2.67. The maximum absolute atomic E-state index is 12.0. The summed E-state index contributed by atoms with van der Waals surface area (Å²) in [5.41, 5.74) is 0.388. The average molecular weight is 297 g/mol. The number of carbonyl (C=O) groups is 2. The molecule has 0 aliphatic carbocycles. The van der Waals surface area contributed by atoms with Crippen LogP contribution in [0.2, 0.25) is 0 Å². The molecule has 110 valence electrons. The van der Waals surface area contributed by atoms with Crippen LogP contribution in [0.3, 0.4) is 0 Å². The van der Waals surface area contributed by atoms with E-state index in [1.54, 1.807) is 36.0 Å². The zero-order valence-electron chi connectivity index (χ0n) is 11.6. The first kappa shape index (κ1) is 16.4. The SMILES string of the molecule is CCSCCC(NC(=O)c1cccc(OC)c1)C(=O)O. The molecule has 1 amide bonds. The average Bonchev–Trinajstić information content (AvgIpc) is 2.46. The molecule has 0 aliphatic rings. The Kier molecular flexibility index (Phi) is 6.93. The van der Waals surface area contributed by atoms with Crippen molar-refractivity contribution in [2.45, 2.75) is 19.4 Å². The molecule has 20 heavy (non-hydrogen) atoms. The first-order valence-electron chi connectivity index (χ1n) is 6.34. The van der Waals surface area contributed by atoms with E-state index in [9.17, 15) is 9.59 Å². The zero-order valence-corrected chi connectivity index (χ0v) is 12.4. The highest BCUT2D eigenvalue weighted by molar-refractivity contribution is 7.99. The molecular weight excluding hydrogens is 278 g/mol. The summed E-state index contributed by atoms with van der Waals surface area (Å²) in [5.74, 6) is 0.768. The number of carboxylic acids is 1. The topological polar surface area (TPSA) is 75.6 Å². The van der Waals surface area contributed by atoms with E-state index in [4.69, 9.17) is 9.84 Å². The molecule has 0 aliphatic heterocycles. The number of ether oxygens (including phenoxy) is 1. The van der Waals surface area contributed by atoms with Gasteiger partial charge in [-0.1, -0.05) is 13.0 Å². The molecule has 1 aromatic carbocycles. The van der Waals surface area contributed by atoms with E-state index in [-0.39, 0.29) is 0 Å². The van der Waals surface area contributed by atoms with E-state index in [0.29, 0.717) is 23.5 Å². The van der Waals surface area contributed by atoms with Gasteiger partial charge in [-0.05, 0) is 36.1 Å². The number of aliphatic carboxylic acids is 1. The van der Waals surface area contributed by atoms with E-state index in [2.05, 4.69) is 5.32 Å². The summed E-state index contributed by atoms with van der Waals surface area (Å²) in [4.78, 5) is 23.2. The Hall–Kier alpha value is -1.69. The summed E-state index contributed by atoms with van der Waals surface area (Å²) >= 11 is 1.65. The third-order valence-electron chi connectivity index (χ3n) is 2.69. The van der Waals surface area contributed by atoms with Gasteiger partial charge >= 0.3 is 5.97 Å². The van der Waals surface area contributed by atoms with Crippen LogP contribution in [-0.4, -0.2) is 41.6 Å². The lowest BCUT2D eigenvalue weighted by Crippen LogP contribution is -2.41. The van der Waals surface area contributed by atoms with Crippen molar-refractivity contribution >= 4 is 23.6 Å². The summed E-state index contributed by atoms with van der Waals surface area (Å²) in [6.45, 7) is 2.01. The van der Waals surface area contributed by atoms with Gasteiger partial charge in [-0.15, -0.1) is 0 Å². The number of carbonyl (C=O) groups excluding carboxylic acids is 1. The van der Waals surface area contributed by atoms with Crippen molar-refractivity contribution in [2.24, 2.45) is 0 Å². The number of nitrogens with one attached hydrogen (secondary N) is 1. The van der Waals surface area contributed by atoms with Crippen molar-refractivity contribution in [1.82, 2.24) is 5.32 Å². The van der Waals surface area contributed by atoms with Crippen LogP contribution in [-0.2, 0) is 4.79 Å². The summed E-state index contributed by atoms with van der Waals surface area (Å²) in [6.07, 6.45) is 0.406. The summed E-state index contributed by atoms with van der Waals surface area (Å²) < 4.78 is 5.04. The first-order chi connectivity index (χ1) is 9.58. The van der Waals surface area contributed by atoms with Crippen molar-refractivity contribution in [2.75, 3.05) is 18.6 Å². The fraction of sp³-hybridized carbons (Fsp3) is 0.429. The molecule has 0 aromatic heterocycles. The van der Waals surface area contributed by atoms with Crippen LogP contribution in [0, 0.1) is 0 Å². The number of rotatable bonds is 8. The minimum Gasteiger partial charge on any atom is -0.497 e. The third-order valence-corrected chi connectivity index (χ3v) is 3.62. The van der Waals surface area contributed by atoms with E-state index in [1.165, 1.54) is 7.11 Å². The number of methoxy groups -OCH3 is 1. The second-order valence-corrected chi connectivity index (χ2v) is 5.48. The number of carboxylic acid groups (broad SMARTS) is 1. The van der Waals surface area contributed by atoms with Crippen molar-refractivity contribution < 1.29 is 19.4 Å². The smallest absolute Gasteiger partial charge is 0.326 e. The highest BCUT2D eigenvalue weighted by Crippen LogP contribution is 2.13. The quantitative estimate of drug-likeness (QED) is 0.718. The van der Waals surface area contributed by atoms with Crippen LogP contribution in [0.25, 0.3) is 0 Å². The van der Waals surface area contributed by atoms with Gasteiger partial charge in [0.1, 0.15) is 11.8 Å². The number of hydrogen-bond donors (Lipinski definition) is 2. The second kappa shape index (κ2) is 8.47. The molecule has 0 heterocycles. The number of thioether (sulfide) groups is 1. The van der Waals surface area contributed by atoms with Crippen molar-refractivity contribution in [3.05, 3.63) is 29.8 Å². The van der Waals surface area contributed by atoms with Crippen molar-refractivity contribution in [3.63, 3.8) is 0 Å². The van der Waals surface area contributed by atoms with E-state index in [1.807, 2.05) is 6.92 Å². The molecule has 0 spiro atoms. The highest BCUT2D eigenvalue weighted by Gasteiger charge is 2.20. The van der Waals surface area contributed by atoms with Crippen LogP contribution in [0.5, 0.6) is 5.75 Å². The van der Waals surface area contributed by atoms with Gasteiger partial charge in [-0.3, -0.25) is 4.79 Å². The first-order valence-corrected chi connectivity index (χ1v) is 7.49. The Morgan fingerprint density at radius 3 is 2.80 bits per heavy atom. The van der Waals surface area contributed by atoms with Gasteiger partial charge in [0.25, 0.3) is 5.91 Å². The Bertz CT molecular complexity index is 464. The Morgan fingerprint density at radius 2 is 2.20 bits per heavy atom. The van der Waals surface area contributed by atoms with Gasteiger partial charge in [-0.25, -0.2) is 4.79 Å². The second-order valence-electron chi connectivity index (χ2n) is 4.08. The number of hydrogen-bond acceptors (Lipinski definition) is 4. The predicted molar refractivity (Wildman–Crippen MR) is 79.5 cm³/mol. The van der Waals surface area contributed by atoms with Crippen LogP contribution in [0.15, 0.2) is 24.3 Å². The molecule has 6 heteroatoms. The van der Waals surface area contributed by atoms with Gasteiger partial charge in [0.2, 0.25) is 0 Å². The molecule has 5 nitrogen and oxygen atoms in total. The molecular formula is C14H19NO4S. The lowest BCUT2D eigenvalue weighted by molar-refractivity contribution is -0.139. The normalized spacial score (nSPS) is 11.7. The van der Waals surface area contributed by atoms with E-state index in [0.717, 1.165) is 5.75 Å². The number of benzene rings is 1. The molecule has 1 unspecified atom stereocenters. The summed E-state index contributed by atoms with van der Waals surface area (Å²) in [5, 5.41) is 11.7. The maximum Gasteiger partial charge on any atom is 0.326 e. The molecule has 1 rings (SSSR count). The molecule has 0 saturated heterocycles. The van der Waals surface area contributed by atoms with Crippen LogP contribution in [0.4, 0.5) is 0 Å². The minimum atomic E-state index is -1.02. The van der Waals surface area contributed by atoms with E-state index >= 15 is 0 Å². The zero-order chi connectivity index (χ0) is 15.0. The lowest BCUT2D eigenvalue weighted by Gasteiger charge is -2.14. The van der Waals surface area contributed by atoms with Crippen LogP contribution in [0.1, 0.15) is 23.7 Å². The van der Waals surface area contributed by atoms with Gasteiger partial charge in [0, 0.05) is 5.56 Å². The van der Waals surface area contributed by atoms with Crippen molar-refractivity contribution in [1.29, 1.82) is 0 Å². The van der Waals surface area contributed by atoms with Gasteiger partial charge in [-0.2, -0.15) is 11.8 Å². The molecule has 0 radical (unpaired) electrons. The standard InChI is InChI=1S/C14H19NO4S/c1-3-20-8-7-12(14(17)18)15-13(16)10-5-4-6-11(9-10)19-2/h4-6,9,12H,3,7-8H2,1-2H3,(H,15,16)(H,17,18). The fourth-order valence-corrected chi connectivity index (χ4v) is 2.30. The molecule has 0 saturated carbocycles. The Morgan fingerprint density at radius 1 is 1.45 bits per heavy atom. The molecule has 1 atom stereocenters.